The van der Waals surface area contributed by atoms with Gasteiger partial charge in [0.15, 0.2) is 5.13 Å². The SMILES string of the molecule is CC(C)CC(CNc1nc2ccccc2s1)CC(=O)O. The summed E-state index contributed by atoms with van der Waals surface area (Å²) in [5.74, 6) is -0.0993. The standard InChI is InChI=1S/C15H20N2O2S/c1-10(2)7-11(8-14(18)19)9-16-15-17-12-5-3-4-6-13(12)20-15/h3-6,10-11H,7-9H2,1-2H3,(H,16,17)(H,18,19). The third-order valence-corrected chi connectivity index (χ3v) is 4.10. The molecule has 20 heavy (non-hydrogen) atoms. The number of nitrogens with one attached hydrogen (secondary N) is 1. The number of carbonyl (C=O) groups is 1. The number of thiazole rings is 1. The van der Waals surface area contributed by atoms with Crippen LogP contribution in [-0.4, -0.2) is 22.6 Å². The molecule has 1 heterocycles. The maximum atomic E-state index is 10.9. The average Bonchev–Trinajstić information content (AvgIpc) is 2.77. The molecular weight excluding hydrogens is 272 g/mol. The third kappa shape index (κ3) is 4.20. The molecule has 1 atom stereocenters. The topological polar surface area (TPSA) is 62.2 Å². The zero-order valence-corrected chi connectivity index (χ0v) is 12.6. The van der Waals surface area contributed by atoms with E-state index in [-0.39, 0.29) is 12.3 Å². The van der Waals surface area contributed by atoms with Gasteiger partial charge < -0.3 is 10.4 Å². The molecule has 0 amide bonds. The molecule has 1 unspecified atom stereocenters. The van der Waals surface area contributed by atoms with Crippen LogP contribution in [0.5, 0.6) is 0 Å². The number of hydrogen-bond donors (Lipinski definition) is 2. The molecule has 0 saturated heterocycles. The molecule has 108 valence electrons. The Labute approximate surface area is 122 Å². The highest BCUT2D eigenvalue weighted by Gasteiger charge is 2.15. The van der Waals surface area contributed by atoms with E-state index in [2.05, 4.69) is 24.1 Å². The van der Waals surface area contributed by atoms with Crippen molar-refractivity contribution in [1.29, 1.82) is 0 Å². The largest absolute Gasteiger partial charge is 0.481 e. The van der Waals surface area contributed by atoms with Crippen LogP contribution in [0.2, 0.25) is 0 Å². The maximum Gasteiger partial charge on any atom is 0.303 e. The molecule has 0 radical (unpaired) electrons. The first-order chi connectivity index (χ1) is 9.54. The molecule has 0 spiro atoms. The van der Waals surface area contributed by atoms with Gasteiger partial charge in [0.05, 0.1) is 10.2 Å². The van der Waals surface area contributed by atoms with Crippen LogP contribution >= 0.6 is 11.3 Å². The van der Waals surface area contributed by atoms with E-state index in [0.29, 0.717) is 12.5 Å². The minimum absolute atomic E-state index is 0.138. The average molecular weight is 292 g/mol. The van der Waals surface area contributed by atoms with Gasteiger partial charge in [-0.15, -0.1) is 0 Å². The molecule has 5 heteroatoms. The number of benzene rings is 1. The van der Waals surface area contributed by atoms with E-state index >= 15 is 0 Å². The van der Waals surface area contributed by atoms with Gasteiger partial charge in [0.25, 0.3) is 0 Å². The lowest BCUT2D eigenvalue weighted by Gasteiger charge is -2.17. The Morgan fingerprint density at radius 3 is 2.80 bits per heavy atom. The van der Waals surface area contributed by atoms with Gasteiger partial charge in [-0.3, -0.25) is 4.79 Å². The molecular formula is C15H20N2O2S. The molecule has 0 aliphatic heterocycles. The Hall–Kier alpha value is -1.62. The molecule has 2 N–H and O–H groups in total. The molecule has 0 aliphatic carbocycles. The predicted octanol–water partition coefficient (Wildman–Crippen LogP) is 3.85. The molecule has 4 nitrogen and oxygen atoms in total. The minimum Gasteiger partial charge on any atom is -0.481 e. The number of fused-ring (bicyclic) bond motifs is 1. The summed E-state index contributed by atoms with van der Waals surface area (Å²) in [4.78, 5) is 15.4. The maximum absolute atomic E-state index is 10.9. The second kappa shape index (κ2) is 6.70. The summed E-state index contributed by atoms with van der Waals surface area (Å²) in [5, 5.41) is 13.1. The fourth-order valence-electron chi connectivity index (χ4n) is 2.33. The minimum atomic E-state index is -0.734. The summed E-state index contributed by atoms with van der Waals surface area (Å²) in [7, 11) is 0. The van der Waals surface area contributed by atoms with Crippen molar-refractivity contribution < 1.29 is 9.90 Å². The van der Waals surface area contributed by atoms with Gasteiger partial charge in [-0.05, 0) is 30.4 Å². The van der Waals surface area contributed by atoms with Gasteiger partial charge in [0.2, 0.25) is 0 Å². The molecule has 0 saturated carbocycles. The first-order valence-corrected chi connectivity index (χ1v) is 7.67. The summed E-state index contributed by atoms with van der Waals surface area (Å²) in [6, 6.07) is 8.00. The Morgan fingerprint density at radius 2 is 2.15 bits per heavy atom. The van der Waals surface area contributed by atoms with Crippen molar-refractivity contribution in [3.8, 4) is 0 Å². The van der Waals surface area contributed by atoms with E-state index in [1.54, 1.807) is 11.3 Å². The number of aromatic nitrogens is 1. The van der Waals surface area contributed by atoms with Gasteiger partial charge in [-0.2, -0.15) is 0 Å². The number of aliphatic carboxylic acids is 1. The second-order valence-corrected chi connectivity index (χ2v) is 6.49. The van der Waals surface area contributed by atoms with Crippen molar-refractivity contribution in [2.45, 2.75) is 26.7 Å². The van der Waals surface area contributed by atoms with Gasteiger partial charge in [0.1, 0.15) is 0 Å². The van der Waals surface area contributed by atoms with Crippen LogP contribution in [0.1, 0.15) is 26.7 Å². The number of hydrogen-bond acceptors (Lipinski definition) is 4. The van der Waals surface area contributed by atoms with Crippen LogP contribution < -0.4 is 5.32 Å². The Balaban J connectivity index is 1.98. The van der Waals surface area contributed by atoms with E-state index in [0.717, 1.165) is 21.8 Å². The summed E-state index contributed by atoms with van der Waals surface area (Å²) in [6.07, 6.45) is 1.11. The highest BCUT2D eigenvalue weighted by Crippen LogP contribution is 2.26. The van der Waals surface area contributed by atoms with Crippen molar-refractivity contribution in [3.05, 3.63) is 24.3 Å². The van der Waals surface area contributed by atoms with Crippen molar-refractivity contribution in [2.75, 3.05) is 11.9 Å². The fourth-order valence-corrected chi connectivity index (χ4v) is 3.20. The summed E-state index contributed by atoms with van der Waals surface area (Å²) in [6.45, 7) is 4.89. The molecule has 2 rings (SSSR count). The van der Waals surface area contributed by atoms with Crippen LogP contribution in [-0.2, 0) is 4.79 Å². The fraction of sp³-hybridized carbons (Fsp3) is 0.467. The van der Waals surface area contributed by atoms with E-state index in [1.165, 1.54) is 0 Å². The van der Waals surface area contributed by atoms with E-state index < -0.39 is 5.97 Å². The molecule has 1 aromatic carbocycles. The quantitative estimate of drug-likeness (QED) is 0.813. The van der Waals surface area contributed by atoms with Gasteiger partial charge >= 0.3 is 5.97 Å². The first-order valence-electron chi connectivity index (χ1n) is 6.86. The Morgan fingerprint density at radius 1 is 1.40 bits per heavy atom. The normalized spacial score (nSPS) is 12.8. The van der Waals surface area contributed by atoms with Crippen molar-refractivity contribution in [1.82, 2.24) is 4.98 Å². The highest BCUT2D eigenvalue weighted by molar-refractivity contribution is 7.22. The molecule has 0 bridgehead atoms. The zero-order valence-electron chi connectivity index (χ0n) is 11.8. The number of carboxylic acids is 1. The molecule has 1 aromatic heterocycles. The second-order valence-electron chi connectivity index (χ2n) is 5.46. The Bertz CT molecular complexity index is 547. The number of carboxylic acid groups (broad SMARTS) is 1. The number of para-hydroxylation sites is 1. The highest BCUT2D eigenvalue weighted by atomic mass is 32.1. The third-order valence-electron chi connectivity index (χ3n) is 3.10. The van der Waals surface area contributed by atoms with Crippen molar-refractivity contribution in [3.63, 3.8) is 0 Å². The van der Waals surface area contributed by atoms with Crippen LogP contribution in [0.25, 0.3) is 10.2 Å². The number of rotatable bonds is 7. The number of nitrogens with zero attached hydrogens (tertiary/aromatic N) is 1. The summed E-state index contributed by atoms with van der Waals surface area (Å²) < 4.78 is 1.15. The summed E-state index contributed by atoms with van der Waals surface area (Å²) in [5.41, 5.74) is 0.985. The predicted molar refractivity (Wildman–Crippen MR) is 83.3 cm³/mol. The van der Waals surface area contributed by atoms with Crippen LogP contribution in [0.4, 0.5) is 5.13 Å². The lowest BCUT2D eigenvalue weighted by Crippen LogP contribution is -2.19. The van der Waals surface area contributed by atoms with Crippen molar-refractivity contribution >= 4 is 32.7 Å². The Kier molecular flexibility index (Phi) is 4.95. The first kappa shape index (κ1) is 14.8. The zero-order chi connectivity index (χ0) is 14.5. The van der Waals surface area contributed by atoms with Crippen LogP contribution in [0.3, 0.4) is 0 Å². The molecule has 0 fully saturated rings. The van der Waals surface area contributed by atoms with E-state index in [4.69, 9.17) is 5.11 Å². The van der Waals surface area contributed by atoms with Crippen molar-refractivity contribution in [2.24, 2.45) is 11.8 Å². The van der Waals surface area contributed by atoms with E-state index in [9.17, 15) is 4.79 Å². The van der Waals surface area contributed by atoms with Gasteiger partial charge in [-0.1, -0.05) is 37.3 Å². The lowest BCUT2D eigenvalue weighted by molar-refractivity contribution is -0.138. The van der Waals surface area contributed by atoms with Crippen LogP contribution in [0.15, 0.2) is 24.3 Å². The molecule has 0 aliphatic rings. The smallest absolute Gasteiger partial charge is 0.303 e. The monoisotopic (exact) mass is 292 g/mol. The van der Waals surface area contributed by atoms with E-state index in [1.807, 2.05) is 24.3 Å². The molecule has 2 aromatic rings. The van der Waals surface area contributed by atoms with Gasteiger partial charge in [-0.25, -0.2) is 4.98 Å². The lowest BCUT2D eigenvalue weighted by atomic mass is 9.94. The van der Waals surface area contributed by atoms with Gasteiger partial charge in [0, 0.05) is 13.0 Å². The number of anilines is 1. The summed E-state index contributed by atoms with van der Waals surface area (Å²) >= 11 is 1.61. The van der Waals surface area contributed by atoms with Crippen LogP contribution in [0, 0.1) is 11.8 Å².